The molecule has 3 nitrogen and oxygen atoms in total. The summed E-state index contributed by atoms with van der Waals surface area (Å²) in [7, 11) is 0. The second-order valence-corrected chi connectivity index (χ2v) is 5.86. The van der Waals surface area contributed by atoms with Crippen molar-refractivity contribution >= 4 is 5.97 Å². The Morgan fingerprint density at radius 2 is 2.06 bits per heavy atom. The molecule has 1 saturated carbocycles. The maximum atomic E-state index is 10.8. The highest BCUT2D eigenvalue weighted by atomic mass is 16.4. The highest BCUT2D eigenvalue weighted by Gasteiger charge is 2.48. The molecule has 1 rings (SSSR count). The molecule has 100 valence electrons. The molecule has 18 heavy (non-hydrogen) atoms. The van der Waals surface area contributed by atoms with Crippen LogP contribution in [0.1, 0.15) is 47.0 Å². The van der Waals surface area contributed by atoms with Crippen molar-refractivity contribution in [1.82, 2.24) is 0 Å². The molecule has 0 aromatic rings. The summed E-state index contributed by atoms with van der Waals surface area (Å²) in [6, 6.07) is 0. The minimum Gasteiger partial charge on any atom is -0.478 e. The van der Waals surface area contributed by atoms with Gasteiger partial charge in [-0.2, -0.15) is 0 Å². The lowest BCUT2D eigenvalue weighted by Gasteiger charge is -2.47. The SMILES string of the molecule is C/C(C#CC1(O)C(C)CCCC1(C)C)=C/C(=O)O. The molecule has 2 unspecified atom stereocenters. The predicted molar refractivity (Wildman–Crippen MR) is 70.9 cm³/mol. The molecule has 0 heterocycles. The van der Waals surface area contributed by atoms with E-state index in [-0.39, 0.29) is 11.3 Å². The zero-order chi connectivity index (χ0) is 14.0. The van der Waals surface area contributed by atoms with Crippen molar-refractivity contribution in [3.8, 4) is 11.8 Å². The van der Waals surface area contributed by atoms with Gasteiger partial charge in [0.25, 0.3) is 0 Å². The van der Waals surface area contributed by atoms with E-state index in [1.807, 2.05) is 20.8 Å². The lowest BCUT2D eigenvalue weighted by molar-refractivity contribution is -0.131. The molecule has 1 fully saturated rings. The number of allylic oxidation sites excluding steroid dienone is 1. The van der Waals surface area contributed by atoms with E-state index in [1.54, 1.807) is 6.92 Å². The zero-order valence-corrected chi connectivity index (χ0v) is 11.6. The van der Waals surface area contributed by atoms with Crippen LogP contribution >= 0.6 is 0 Å². The second-order valence-electron chi connectivity index (χ2n) is 5.86. The number of hydrogen-bond donors (Lipinski definition) is 2. The van der Waals surface area contributed by atoms with Gasteiger partial charge in [-0.1, -0.05) is 39.0 Å². The Kier molecular flexibility index (Phi) is 4.24. The quantitative estimate of drug-likeness (QED) is 0.555. The second kappa shape index (κ2) is 5.16. The molecule has 0 spiro atoms. The predicted octanol–water partition coefficient (Wildman–Crippen LogP) is 2.60. The van der Waals surface area contributed by atoms with Crippen molar-refractivity contribution < 1.29 is 15.0 Å². The normalized spacial score (nSPS) is 31.4. The molecule has 2 N–H and O–H groups in total. The van der Waals surface area contributed by atoms with Gasteiger partial charge in [0.2, 0.25) is 0 Å². The number of carbonyl (C=O) groups is 1. The summed E-state index contributed by atoms with van der Waals surface area (Å²) in [5, 5.41) is 19.4. The zero-order valence-electron chi connectivity index (χ0n) is 11.6. The fraction of sp³-hybridized carbons (Fsp3) is 0.667. The Bertz CT molecular complexity index is 423. The standard InChI is InChI=1S/C15H22O3/c1-11(10-13(16)17)7-9-15(18)12(2)6-5-8-14(15,3)4/h10,12,18H,5-6,8H2,1-4H3,(H,16,17)/b11-10-. The van der Waals surface area contributed by atoms with Crippen molar-refractivity contribution in [2.24, 2.45) is 11.3 Å². The average molecular weight is 250 g/mol. The van der Waals surface area contributed by atoms with Gasteiger partial charge in [-0.15, -0.1) is 0 Å². The van der Waals surface area contributed by atoms with Crippen molar-refractivity contribution in [3.63, 3.8) is 0 Å². The first-order chi connectivity index (χ1) is 8.19. The molecule has 1 aliphatic carbocycles. The Hall–Kier alpha value is -1.27. The molecule has 3 heteroatoms. The van der Waals surface area contributed by atoms with Crippen LogP contribution in [0.4, 0.5) is 0 Å². The van der Waals surface area contributed by atoms with Crippen LogP contribution in [0.2, 0.25) is 0 Å². The van der Waals surface area contributed by atoms with Crippen LogP contribution < -0.4 is 0 Å². The van der Waals surface area contributed by atoms with Crippen molar-refractivity contribution in [3.05, 3.63) is 11.6 Å². The Balaban J connectivity index is 3.05. The van der Waals surface area contributed by atoms with Crippen LogP contribution in [0.3, 0.4) is 0 Å². The van der Waals surface area contributed by atoms with Crippen LogP contribution in [0.25, 0.3) is 0 Å². The van der Waals surface area contributed by atoms with Gasteiger partial charge in [-0.3, -0.25) is 0 Å². The van der Waals surface area contributed by atoms with Gasteiger partial charge in [-0.25, -0.2) is 4.79 Å². The van der Waals surface area contributed by atoms with Gasteiger partial charge in [0.05, 0.1) is 0 Å². The van der Waals surface area contributed by atoms with Crippen molar-refractivity contribution in [2.75, 3.05) is 0 Å². The van der Waals surface area contributed by atoms with Crippen LogP contribution in [0, 0.1) is 23.2 Å². The molecule has 0 aromatic heterocycles. The van der Waals surface area contributed by atoms with E-state index < -0.39 is 11.6 Å². The molecule has 0 aliphatic heterocycles. The fourth-order valence-corrected chi connectivity index (χ4v) is 2.62. The minimum atomic E-state index is -1.04. The van der Waals surface area contributed by atoms with E-state index in [0.717, 1.165) is 25.3 Å². The Labute approximate surface area is 109 Å². The first kappa shape index (κ1) is 14.8. The smallest absolute Gasteiger partial charge is 0.329 e. The maximum Gasteiger partial charge on any atom is 0.329 e. The van der Waals surface area contributed by atoms with E-state index in [9.17, 15) is 9.90 Å². The summed E-state index contributed by atoms with van der Waals surface area (Å²) >= 11 is 0. The van der Waals surface area contributed by atoms with E-state index in [1.165, 1.54) is 0 Å². The van der Waals surface area contributed by atoms with E-state index in [0.29, 0.717) is 5.57 Å². The molecular formula is C15H22O3. The highest BCUT2D eigenvalue weighted by molar-refractivity contribution is 5.81. The van der Waals surface area contributed by atoms with Crippen molar-refractivity contribution in [2.45, 2.75) is 52.6 Å². The molecule has 0 bridgehead atoms. The summed E-state index contributed by atoms with van der Waals surface area (Å²) in [6.45, 7) is 7.69. The number of carboxylic acids is 1. The first-order valence-corrected chi connectivity index (χ1v) is 6.36. The van der Waals surface area contributed by atoms with Gasteiger partial charge < -0.3 is 10.2 Å². The number of hydrogen-bond acceptors (Lipinski definition) is 2. The summed E-state index contributed by atoms with van der Waals surface area (Å²) < 4.78 is 0. The summed E-state index contributed by atoms with van der Waals surface area (Å²) in [5.41, 5.74) is -0.843. The average Bonchev–Trinajstić information content (AvgIpc) is 2.22. The molecule has 0 amide bonds. The summed E-state index contributed by atoms with van der Waals surface area (Å²) in [5.74, 6) is 4.80. The lowest BCUT2D eigenvalue weighted by Crippen LogP contribution is -2.51. The first-order valence-electron chi connectivity index (χ1n) is 6.36. The topological polar surface area (TPSA) is 57.5 Å². The Morgan fingerprint density at radius 3 is 2.56 bits per heavy atom. The number of carboxylic acid groups (broad SMARTS) is 1. The number of aliphatic carboxylic acids is 1. The lowest BCUT2D eigenvalue weighted by atomic mass is 9.61. The molecule has 2 atom stereocenters. The monoisotopic (exact) mass is 250 g/mol. The maximum absolute atomic E-state index is 10.8. The fourth-order valence-electron chi connectivity index (χ4n) is 2.62. The Morgan fingerprint density at radius 1 is 1.44 bits per heavy atom. The van der Waals surface area contributed by atoms with Crippen LogP contribution in [-0.4, -0.2) is 21.8 Å². The number of aliphatic hydroxyl groups is 1. The van der Waals surface area contributed by atoms with Gasteiger partial charge in [0.15, 0.2) is 0 Å². The number of rotatable bonds is 1. The third-order valence-electron chi connectivity index (χ3n) is 3.97. The van der Waals surface area contributed by atoms with Crippen LogP contribution in [0.15, 0.2) is 11.6 Å². The molecule has 1 aliphatic rings. The molecule has 0 aromatic carbocycles. The van der Waals surface area contributed by atoms with Gasteiger partial charge in [0, 0.05) is 17.1 Å². The van der Waals surface area contributed by atoms with Gasteiger partial charge >= 0.3 is 5.97 Å². The van der Waals surface area contributed by atoms with Crippen molar-refractivity contribution in [1.29, 1.82) is 0 Å². The van der Waals surface area contributed by atoms with Crippen LogP contribution in [0.5, 0.6) is 0 Å². The van der Waals surface area contributed by atoms with Crippen LogP contribution in [-0.2, 0) is 4.79 Å². The van der Waals surface area contributed by atoms with E-state index in [2.05, 4.69) is 11.8 Å². The van der Waals surface area contributed by atoms with Gasteiger partial charge in [-0.05, 0) is 25.7 Å². The highest BCUT2D eigenvalue weighted by Crippen LogP contribution is 2.46. The largest absolute Gasteiger partial charge is 0.478 e. The summed E-state index contributed by atoms with van der Waals surface area (Å²) in [4.78, 5) is 10.5. The summed E-state index contributed by atoms with van der Waals surface area (Å²) in [6.07, 6.45) is 4.06. The molecule has 0 saturated heterocycles. The van der Waals surface area contributed by atoms with E-state index >= 15 is 0 Å². The van der Waals surface area contributed by atoms with E-state index in [4.69, 9.17) is 5.11 Å². The third kappa shape index (κ3) is 2.94. The minimum absolute atomic E-state index is 0.103. The van der Waals surface area contributed by atoms with Gasteiger partial charge in [0.1, 0.15) is 5.60 Å². The third-order valence-corrected chi connectivity index (χ3v) is 3.97. The molecular weight excluding hydrogens is 228 g/mol. The molecule has 0 radical (unpaired) electrons.